The number of carbonyl (C=O) groups is 2. The van der Waals surface area contributed by atoms with E-state index in [0.717, 1.165) is 6.07 Å². The highest BCUT2D eigenvalue weighted by Crippen LogP contribution is 2.27. The van der Waals surface area contributed by atoms with Gasteiger partial charge in [-0.25, -0.2) is 4.98 Å². The molecule has 9 nitrogen and oxygen atoms in total. The van der Waals surface area contributed by atoms with Crippen molar-refractivity contribution in [2.24, 2.45) is 0 Å². The molecule has 0 aliphatic carbocycles. The zero-order valence-electron chi connectivity index (χ0n) is 17.8. The molecule has 1 saturated heterocycles. The Morgan fingerprint density at radius 1 is 1.18 bits per heavy atom. The topological polar surface area (TPSA) is 110 Å². The second-order valence-electron chi connectivity index (χ2n) is 7.17. The van der Waals surface area contributed by atoms with Crippen molar-refractivity contribution in [3.05, 3.63) is 47.7 Å². The molecule has 1 fully saturated rings. The van der Waals surface area contributed by atoms with Crippen LogP contribution in [0.25, 0.3) is 0 Å². The number of β-amino-alcohol motifs (C(OH)–C–C–N with tert-alkyl or cyclic N) is 1. The standard InChI is InChI=1S/C21H22F3N3O6/c1-31-17-9-12(10-25-19(17)32-2)20(30)27-8-7-14(15(28)11-27)26-18(29)13-5-3-4-6-16(13)33-21(22,23)24/h3-6,9-10,14-15,28H,7-8,11H2,1-2H3,(H,26,29). The van der Waals surface area contributed by atoms with Crippen LogP contribution >= 0.6 is 0 Å². The maximum atomic E-state index is 12.8. The predicted octanol–water partition coefficient (Wildman–Crippen LogP) is 2.00. The van der Waals surface area contributed by atoms with E-state index in [1.807, 2.05) is 0 Å². The lowest BCUT2D eigenvalue weighted by atomic mass is 10.0. The molecule has 0 spiro atoms. The third-order valence-corrected chi connectivity index (χ3v) is 5.02. The molecule has 0 radical (unpaired) electrons. The Balaban J connectivity index is 1.65. The van der Waals surface area contributed by atoms with E-state index in [2.05, 4.69) is 15.0 Å². The van der Waals surface area contributed by atoms with E-state index in [-0.39, 0.29) is 42.3 Å². The first kappa shape index (κ1) is 24.1. The van der Waals surface area contributed by atoms with E-state index in [1.54, 1.807) is 0 Å². The van der Waals surface area contributed by atoms with Crippen LogP contribution < -0.4 is 19.5 Å². The number of para-hydroxylation sites is 1. The van der Waals surface area contributed by atoms with Crippen LogP contribution in [0, 0.1) is 0 Å². The van der Waals surface area contributed by atoms with E-state index in [1.165, 1.54) is 49.6 Å². The number of hydrogen-bond acceptors (Lipinski definition) is 7. The molecule has 3 rings (SSSR count). The number of rotatable bonds is 6. The molecule has 1 aromatic carbocycles. The minimum Gasteiger partial charge on any atom is -0.491 e. The van der Waals surface area contributed by atoms with Crippen molar-refractivity contribution < 1.29 is 42.1 Å². The quantitative estimate of drug-likeness (QED) is 0.666. The first-order valence-electron chi connectivity index (χ1n) is 9.84. The largest absolute Gasteiger partial charge is 0.573 e. The normalized spacial score (nSPS) is 18.4. The van der Waals surface area contributed by atoms with Crippen LogP contribution in [-0.4, -0.2) is 72.6 Å². The number of likely N-dealkylation sites (tertiary alicyclic amines) is 1. The summed E-state index contributed by atoms with van der Waals surface area (Å²) < 4.78 is 51.9. The summed E-state index contributed by atoms with van der Waals surface area (Å²) in [5.74, 6) is -1.40. The summed E-state index contributed by atoms with van der Waals surface area (Å²) >= 11 is 0. The van der Waals surface area contributed by atoms with Crippen LogP contribution in [0.15, 0.2) is 36.5 Å². The molecule has 2 heterocycles. The average Bonchev–Trinajstić information content (AvgIpc) is 2.78. The maximum Gasteiger partial charge on any atom is 0.573 e. The first-order valence-corrected chi connectivity index (χ1v) is 9.84. The van der Waals surface area contributed by atoms with Gasteiger partial charge in [-0.15, -0.1) is 13.2 Å². The van der Waals surface area contributed by atoms with Crippen LogP contribution in [0.5, 0.6) is 17.4 Å². The molecule has 1 aliphatic rings. The van der Waals surface area contributed by atoms with E-state index >= 15 is 0 Å². The molecular formula is C21H22F3N3O6. The highest BCUT2D eigenvalue weighted by molar-refractivity contribution is 5.97. The minimum absolute atomic E-state index is 0.0984. The predicted molar refractivity (Wildman–Crippen MR) is 108 cm³/mol. The Morgan fingerprint density at radius 3 is 2.55 bits per heavy atom. The van der Waals surface area contributed by atoms with Crippen LogP contribution in [0.4, 0.5) is 13.2 Å². The van der Waals surface area contributed by atoms with Crippen LogP contribution in [0.3, 0.4) is 0 Å². The lowest BCUT2D eigenvalue weighted by Crippen LogP contribution is -2.55. The second kappa shape index (κ2) is 9.94. The number of amides is 2. The minimum atomic E-state index is -4.96. The molecular weight excluding hydrogens is 447 g/mol. The second-order valence-corrected chi connectivity index (χ2v) is 7.17. The number of aromatic nitrogens is 1. The van der Waals surface area contributed by atoms with Gasteiger partial charge in [0.1, 0.15) is 5.75 Å². The molecule has 1 aromatic heterocycles. The van der Waals surface area contributed by atoms with Crippen molar-refractivity contribution >= 4 is 11.8 Å². The van der Waals surface area contributed by atoms with Gasteiger partial charge >= 0.3 is 6.36 Å². The Morgan fingerprint density at radius 2 is 1.91 bits per heavy atom. The number of aliphatic hydroxyl groups is 1. The summed E-state index contributed by atoms with van der Waals surface area (Å²) in [7, 11) is 2.82. The monoisotopic (exact) mass is 469 g/mol. The van der Waals surface area contributed by atoms with Crippen molar-refractivity contribution in [1.82, 2.24) is 15.2 Å². The number of piperidine rings is 1. The molecule has 2 aromatic rings. The van der Waals surface area contributed by atoms with Crippen molar-refractivity contribution in [1.29, 1.82) is 0 Å². The lowest BCUT2D eigenvalue weighted by Gasteiger charge is -2.36. The molecule has 1 aliphatic heterocycles. The van der Waals surface area contributed by atoms with Gasteiger partial charge in [0, 0.05) is 25.4 Å². The number of halogens is 3. The van der Waals surface area contributed by atoms with Gasteiger partial charge in [-0.2, -0.15) is 0 Å². The molecule has 12 heteroatoms. The highest BCUT2D eigenvalue weighted by Gasteiger charge is 2.35. The third-order valence-electron chi connectivity index (χ3n) is 5.02. The molecule has 2 atom stereocenters. The number of aliphatic hydroxyl groups excluding tert-OH is 1. The Kier molecular flexibility index (Phi) is 7.26. The summed E-state index contributed by atoms with van der Waals surface area (Å²) in [5.41, 5.74) is -0.0995. The smallest absolute Gasteiger partial charge is 0.491 e. The molecule has 2 amide bonds. The fourth-order valence-corrected chi connectivity index (χ4v) is 3.43. The molecule has 0 saturated carbocycles. The van der Waals surface area contributed by atoms with E-state index in [9.17, 15) is 27.9 Å². The molecule has 33 heavy (non-hydrogen) atoms. The van der Waals surface area contributed by atoms with Crippen molar-refractivity contribution in [2.45, 2.75) is 24.9 Å². The average molecular weight is 469 g/mol. The van der Waals surface area contributed by atoms with Gasteiger partial charge in [-0.3, -0.25) is 9.59 Å². The van der Waals surface area contributed by atoms with E-state index in [0.29, 0.717) is 0 Å². The first-order chi connectivity index (χ1) is 15.6. The number of hydrogen-bond donors (Lipinski definition) is 2. The van der Waals surface area contributed by atoms with Gasteiger partial charge in [0.25, 0.3) is 17.7 Å². The zero-order valence-corrected chi connectivity index (χ0v) is 17.8. The number of alkyl halides is 3. The molecule has 0 bridgehead atoms. The van der Waals surface area contributed by atoms with Crippen LogP contribution in [-0.2, 0) is 0 Å². The number of pyridine rings is 1. The summed E-state index contributed by atoms with van der Waals surface area (Å²) in [6.07, 6.45) is -4.60. The Hall–Kier alpha value is -3.54. The van der Waals surface area contributed by atoms with Gasteiger partial charge in [0.15, 0.2) is 5.75 Å². The van der Waals surface area contributed by atoms with E-state index in [4.69, 9.17) is 9.47 Å². The highest BCUT2D eigenvalue weighted by atomic mass is 19.4. The summed E-state index contributed by atoms with van der Waals surface area (Å²) in [4.78, 5) is 30.8. The van der Waals surface area contributed by atoms with Crippen LogP contribution in [0.1, 0.15) is 27.1 Å². The summed E-state index contributed by atoms with van der Waals surface area (Å²) in [6.45, 7) is 0.0920. The Labute approximate surface area is 187 Å². The van der Waals surface area contributed by atoms with Gasteiger partial charge in [-0.05, 0) is 18.6 Å². The van der Waals surface area contributed by atoms with Crippen molar-refractivity contribution in [2.75, 3.05) is 27.3 Å². The number of nitrogens with zero attached hydrogens (tertiary/aromatic N) is 2. The number of methoxy groups -OCH3 is 2. The number of benzene rings is 1. The van der Waals surface area contributed by atoms with Gasteiger partial charge in [0.2, 0.25) is 0 Å². The SMILES string of the molecule is COc1cc(C(=O)N2CCC(NC(=O)c3ccccc3OC(F)(F)F)C(O)C2)cnc1OC. The molecule has 2 unspecified atom stereocenters. The van der Waals surface area contributed by atoms with Crippen molar-refractivity contribution in [3.63, 3.8) is 0 Å². The zero-order chi connectivity index (χ0) is 24.2. The van der Waals surface area contributed by atoms with Crippen molar-refractivity contribution in [3.8, 4) is 17.4 Å². The lowest BCUT2D eigenvalue weighted by molar-refractivity contribution is -0.274. The summed E-state index contributed by atoms with van der Waals surface area (Å²) in [6, 6.07) is 5.60. The molecule has 178 valence electrons. The number of ether oxygens (including phenoxy) is 3. The van der Waals surface area contributed by atoms with Gasteiger partial charge in [0.05, 0.1) is 37.5 Å². The molecule has 2 N–H and O–H groups in total. The van der Waals surface area contributed by atoms with Crippen LogP contribution in [0.2, 0.25) is 0 Å². The van der Waals surface area contributed by atoms with Gasteiger partial charge in [-0.1, -0.05) is 12.1 Å². The Bertz CT molecular complexity index is 1020. The number of carbonyl (C=O) groups excluding carboxylic acids is 2. The number of nitrogens with one attached hydrogen (secondary N) is 1. The van der Waals surface area contributed by atoms with Gasteiger partial charge < -0.3 is 29.5 Å². The summed E-state index contributed by atoms with van der Waals surface area (Å²) in [5, 5.41) is 13.0. The maximum absolute atomic E-state index is 12.8. The van der Waals surface area contributed by atoms with E-state index < -0.39 is 36.1 Å². The fraction of sp³-hybridized carbons (Fsp3) is 0.381. The fourth-order valence-electron chi connectivity index (χ4n) is 3.43. The third kappa shape index (κ3) is 5.83.